The molecule has 1 aromatic rings. The van der Waals surface area contributed by atoms with Crippen LogP contribution >= 0.6 is 0 Å². The Bertz CT molecular complexity index is 727. The van der Waals surface area contributed by atoms with Crippen LogP contribution in [0.25, 0.3) is 0 Å². The summed E-state index contributed by atoms with van der Waals surface area (Å²) < 4.78 is 37.6. The summed E-state index contributed by atoms with van der Waals surface area (Å²) >= 11 is 0. The van der Waals surface area contributed by atoms with E-state index in [0.717, 1.165) is 6.07 Å². The number of benzene rings is 1. The molecule has 2 heterocycles. The number of nitro benzene ring substituents is 1. The van der Waals surface area contributed by atoms with Crippen molar-refractivity contribution in [3.63, 3.8) is 0 Å². The molecule has 126 valence electrons. The molecule has 23 heavy (non-hydrogen) atoms. The highest BCUT2D eigenvalue weighted by Gasteiger charge is 2.52. The number of nitro groups is 1. The van der Waals surface area contributed by atoms with Crippen molar-refractivity contribution in [2.75, 3.05) is 26.3 Å². The third-order valence-corrected chi connectivity index (χ3v) is 5.93. The molecule has 9 heteroatoms. The van der Waals surface area contributed by atoms with Crippen LogP contribution in [0.3, 0.4) is 0 Å². The second kappa shape index (κ2) is 5.23. The average Bonchev–Trinajstić information content (AvgIpc) is 2.45. The van der Waals surface area contributed by atoms with Crippen molar-refractivity contribution in [3.8, 4) is 0 Å². The van der Waals surface area contributed by atoms with Crippen LogP contribution in [-0.4, -0.2) is 49.7 Å². The highest BCUT2D eigenvalue weighted by atomic mass is 32.2. The average molecular weight is 342 g/mol. The Morgan fingerprint density at radius 2 is 1.83 bits per heavy atom. The van der Waals surface area contributed by atoms with Gasteiger partial charge in [0.15, 0.2) is 5.79 Å². The highest BCUT2D eigenvalue weighted by molar-refractivity contribution is 7.89. The molecular weight excluding hydrogens is 324 g/mol. The van der Waals surface area contributed by atoms with Crippen LogP contribution in [0.5, 0.6) is 0 Å². The molecule has 0 bridgehead atoms. The van der Waals surface area contributed by atoms with E-state index in [1.807, 2.05) is 13.8 Å². The lowest BCUT2D eigenvalue weighted by atomic mass is 9.82. The molecule has 0 aliphatic carbocycles. The molecule has 1 aromatic carbocycles. The number of non-ortho nitro benzene ring substituents is 1. The molecule has 3 rings (SSSR count). The van der Waals surface area contributed by atoms with E-state index >= 15 is 0 Å². The van der Waals surface area contributed by atoms with Crippen molar-refractivity contribution in [1.29, 1.82) is 0 Å². The monoisotopic (exact) mass is 342 g/mol. The molecule has 2 aliphatic rings. The molecule has 2 saturated heterocycles. The highest BCUT2D eigenvalue weighted by Crippen LogP contribution is 2.40. The standard InChI is InChI=1S/C14H18N2O6S/c1-13(2)21-9-14(10-22-13)7-15(8-14)23(19,20)12-5-3-4-11(6-12)16(17)18/h3-6H,7-10H2,1-2H3. The molecule has 0 aromatic heterocycles. The largest absolute Gasteiger partial charge is 0.350 e. The summed E-state index contributed by atoms with van der Waals surface area (Å²) in [6, 6.07) is 5.08. The lowest BCUT2D eigenvalue weighted by Gasteiger charge is -2.53. The molecular formula is C14H18N2O6S. The lowest BCUT2D eigenvalue weighted by Crippen LogP contribution is -2.65. The quantitative estimate of drug-likeness (QED) is 0.608. The smallest absolute Gasteiger partial charge is 0.270 e. The van der Waals surface area contributed by atoms with Gasteiger partial charge in [0, 0.05) is 30.6 Å². The summed E-state index contributed by atoms with van der Waals surface area (Å²) in [5.74, 6) is -0.648. The molecule has 0 amide bonds. The van der Waals surface area contributed by atoms with Gasteiger partial charge in [-0.2, -0.15) is 4.31 Å². The van der Waals surface area contributed by atoms with E-state index in [4.69, 9.17) is 9.47 Å². The van der Waals surface area contributed by atoms with Gasteiger partial charge in [0.05, 0.1) is 23.0 Å². The van der Waals surface area contributed by atoms with E-state index in [1.165, 1.54) is 22.5 Å². The van der Waals surface area contributed by atoms with E-state index in [-0.39, 0.29) is 29.1 Å². The van der Waals surface area contributed by atoms with Crippen molar-refractivity contribution in [2.45, 2.75) is 24.5 Å². The van der Waals surface area contributed by atoms with Crippen LogP contribution in [0.4, 0.5) is 5.69 Å². The van der Waals surface area contributed by atoms with Gasteiger partial charge >= 0.3 is 0 Å². The number of sulfonamides is 1. The van der Waals surface area contributed by atoms with Crippen LogP contribution in [0, 0.1) is 15.5 Å². The normalized spacial score (nSPS) is 23.4. The minimum atomic E-state index is -3.74. The maximum Gasteiger partial charge on any atom is 0.270 e. The van der Waals surface area contributed by atoms with Crippen molar-refractivity contribution in [3.05, 3.63) is 34.4 Å². The molecule has 0 radical (unpaired) electrons. The molecule has 0 N–H and O–H groups in total. The summed E-state index contributed by atoms with van der Waals surface area (Å²) in [5, 5.41) is 10.8. The minimum absolute atomic E-state index is 0.0699. The lowest BCUT2D eigenvalue weighted by molar-refractivity contribution is -0.385. The zero-order valence-electron chi connectivity index (χ0n) is 12.9. The van der Waals surface area contributed by atoms with Crippen molar-refractivity contribution in [2.24, 2.45) is 5.41 Å². The fourth-order valence-electron chi connectivity index (χ4n) is 2.70. The van der Waals surface area contributed by atoms with Crippen molar-refractivity contribution < 1.29 is 22.8 Å². The Labute approximate surface area is 134 Å². The van der Waals surface area contributed by atoms with Gasteiger partial charge in [-0.15, -0.1) is 0 Å². The van der Waals surface area contributed by atoms with Crippen LogP contribution in [-0.2, 0) is 19.5 Å². The number of hydrogen-bond acceptors (Lipinski definition) is 6. The van der Waals surface area contributed by atoms with Gasteiger partial charge in [-0.25, -0.2) is 8.42 Å². The minimum Gasteiger partial charge on any atom is -0.350 e. The second-order valence-corrected chi connectivity index (χ2v) is 8.44. The van der Waals surface area contributed by atoms with Crippen LogP contribution in [0.15, 0.2) is 29.2 Å². The maximum atomic E-state index is 12.6. The topological polar surface area (TPSA) is 99.0 Å². The van der Waals surface area contributed by atoms with Crippen LogP contribution in [0.1, 0.15) is 13.8 Å². The van der Waals surface area contributed by atoms with Gasteiger partial charge < -0.3 is 9.47 Å². The molecule has 0 unspecified atom stereocenters. The summed E-state index contributed by atoms with van der Waals surface area (Å²) in [7, 11) is -3.74. The first-order valence-electron chi connectivity index (χ1n) is 7.16. The SMILES string of the molecule is CC1(C)OCC2(CO1)CN(S(=O)(=O)c1cccc([N+](=O)[O-])c1)C2. The van der Waals surface area contributed by atoms with Gasteiger partial charge in [0.25, 0.3) is 5.69 Å². The molecule has 2 fully saturated rings. The first-order chi connectivity index (χ1) is 10.6. The van der Waals surface area contributed by atoms with E-state index in [2.05, 4.69) is 0 Å². The molecule has 2 aliphatic heterocycles. The van der Waals surface area contributed by atoms with E-state index in [0.29, 0.717) is 13.2 Å². The summed E-state index contributed by atoms with van der Waals surface area (Å²) in [4.78, 5) is 10.1. The predicted octanol–water partition coefficient (Wildman–Crippen LogP) is 1.37. The van der Waals surface area contributed by atoms with Crippen LogP contribution in [0.2, 0.25) is 0 Å². The summed E-state index contributed by atoms with van der Waals surface area (Å²) in [5.41, 5.74) is -0.573. The van der Waals surface area contributed by atoms with Crippen LogP contribution < -0.4 is 0 Å². The second-order valence-electron chi connectivity index (χ2n) is 6.50. The molecule has 0 atom stereocenters. The van der Waals surface area contributed by atoms with Gasteiger partial charge in [-0.1, -0.05) is 6.07 Å². The number of ether oxygens (including phenoxy) is 2. The first kappa shape index (κ1) is 16.3. The molecule has 8 nitrogen and oxygen atoms in total. The Morgan fingerprint density at radius 3 is 2.39 bits per heavy atom. The van der Waals surface area contributed by atoms with Gasteiger partial charge in [0.2, 0.25) is 10.0 Å². The van der Waals surface area contributed by atoms with E-state index in [9.17, 15) is 18.5 Å². The van der Waals surface area contributed by atoms with E-state index in [1.54, 1.807) is 0 Å². The fraction of sp³-hybridized carbons (Fsp3) is 0.571. The van der Waals surface area contributed by atoms with Gasteiger partial charge in [-0.05, 0) is 19.9 Å². The Morgan fingerprint density at radius 1 is 1.22 bits per heavy atom. The number of nitrogens with zero attached hydrogens (tertiary/aromatic N) is 2. The third kappa shape index (κ3) is 2.97. The van der Waals surface area contributed by atoms with Crippen molar-refractivity contribution in [1.82, 2.24) is 4.31 Å². The zero-order valence-corrected chi connectivity index (χ0v) is 13.7. The Kier molecular flexibility index (Phi) is 3.71. The van der Waals surface area contributed by atoms with Crippen molar-refractivity contribution >= 4 is 15.7 Å². The zero-order chi connectivity index (χ0) is 16.9. The van der Waals surface area contributed by atoms with Gasteiger partial charge in [0.1, 0.15) is 0 Å². The third-order valence-electron chi connectivity index (χ3n) is 4.14. The Hall–Kier alpha value is -1.55. The molecule has 0 saturated carbocycles. The van der Waals surface area contributed by atoms with E-state index < -0.39 is 20.7 Å². The predicted molar refractivity (Wildman–Crippen MR) is 80.3 cm³/mol. The molecule has 1 spiro atoms. The summed E-state index contributed by atoms with van der Waals surface area (Å²) in [6.45, 7) is 5.07. The fourth-order valence-corrected chi connectivity index (χ4v) is 4.40. The van der Waals surface area contributed by atoms with Gasteiger partial charge in [-0.3, -0.25) is 10.1 Å². The first-order valence-corrected chi connectivity index (χ1v) is 8.60. The Balaban J connectivity index is 1.74. The number of rotatable bonds is 3. The maximum absolute atomic E-state index is 12.6. The summed E-state index contributed by atoms with van der Waals surface area (Å²) in [6.07, 6.45) is 0. The number of hydrogen-bond donors (Lipinski definition) is 0.